The Bertz CT molecular complexity index is 964. The molecule has 0 unspecified atom stereocenters. The van der Waals surface area contributed by atoms with Gasteiger partial charge in [-0.1, -0.05) is 0 Å². The Morgan fingerprint density at radius 2 is 1.83 bits per heavy atom. The van der Waals surface area contributed by atoms with Crippen LogP contribution in [0.25, 0.3) is 22.0 Å². The van der Waals surface area contributed by atoms with Gasteiger partial charge in [-0.05, 0) is 0 Å². The van der Waals surface area contributed by atoms with E-state index < -0.39 is 0 Å². The molecule has 0 saturated heterocycles. The van der Waals surface area contributed by atoms with Gasteiger partial charge in [0.05, 0.1) is 0 Å². The molecule has 1 nitrogen and oxygen atoms in total. The van der Waals surface area contributed by atoms with Crippen LogP contribution in [-0.2, 0) is 13.5 Å². The minimum absolute atomic E-state index is 0.307. The fourth-order valence-corrected chi connectivity index (χ4v) is 6.46. The molecular weight excluding hydrogens is 357 g/mol. The third kappa shape index (κ3) is 2.49. The summed E-state index contributed by atoms with van der Waals surface area (Å²) < 4.78 is 5.45. The Balaban J connectivity index is 2.08. The molecule has 1 aliphatic rings. The van der Waals surface area contributed by atoms with Gasteiger partial charge in [0, 0.05) is 0 Å². The summed E-state index contributed by atoms with van der Waals surface area (Å²) in [7, 11) is 2.20. The first-order valence-corrected chi connectivity index (χ1v) is 10.3. The molecule has 1 aliphatic heterocycles. The van der Waals surface area contributed by atoms with Crippen molar-refractivity contribution in [2.24, 2.45) is 12.5 Å². The summed E-state index contributed by atoms with van der Waals surface area (Å²) >= 11 is 0.370. The average molecular weight is 381 g/mol. The van der Waals surface area contributed by atoms with E-state index in [-0.39, 0.29) is 0 Å². The molecule has 2 aromatic carbocycles. The van der Waals surface area contributed by atoms with Crippen molar-refractivity contribution in [3.63, 3.8) is 0 Å². The van der Waals surface area contributed by atoms with Crippen molar-refractivity contribution in [3.8, 4) is 11.3 Å². The van der Waals surface area contributed by atoms with E-state index in [0.29, 0.717) is 20.4 Å². The van der Waals surface area contributed by atoms with Crippen LogP contribution >= 0.6 is 0 Å². The van der Waals surface area contributed by atoms with Gasteiger partial charge in [-0.25, -0.2) is 0 Å². The van der Waals surface area contributed by atoms with Crippen molar-refractivity contribution >= 4 is 34.7 Å². The molecule has 0 bridgehead atoms. The standard InChI is InChI=1S/C22H24NSe/c1-14-9-10-15-7-6-8-17-19(15)18(14)20-21(24-17)16(11-12-23(20)5)13-22(2,3)4/h6-12H,13H2,1-5H3/q+1. The van der Waals surface area contributed by atoms with E-state index in [9.17, 15) is 0 Å². The van der Waals surface area contributed by atoms with Gasteiger partial charge >= 0.3 is 151 Å². The molecule has 1 aromatic heterocycles. The summed E-state index contributed by atoms with van der Waals surface area (Å²) in [5.74, 6) is 0. The Hall–Kier alpha value is -1.63. The molecule has 24 heavy (non-hydrogen) atoms. The topological polar surface area (TPSA) is 3.88 Å². The van der Waals surface area contributed by atoms with E-state index in [1.165, 1.54) is 37.6 Å². The number of rotatable bonds is 1. The van der Waals surface area contributed by atoms with Gasteiger partial charge in [-0.15, -0.1) is 0 Å². The summed E-state index contributed by atoms with van der Waals surface area (Å²) in [6, 6.07) is 13.7. The molecule has 0 N–H and O–H groups in total. The van der Waals surface area contributed by atoms with Crippen molar-refractivity contribution < 1.29 is 4.57 Å². The second kappa shape index (κ2) is 5.44. The number of aryl methyl sites for hydroxylation is 2. The molecule has 0 radical (unpaired) electrons. The van der Waals surface area contributed by atoms with Crippen LogP contribution in [0.15, 0.2) is 42.6 Å². The number of aromatic nitrogens is 1. The molecule has 2 heterocycles. The molecule has 0 amide bonds. The van der Waals surface area contributed by atoms with E-state index in [1.54, 1.807) is 4.46 Å². The van der Waals surface area contributed by atoms with Gasteiger partial charge in [0.15, 0.2) is 0 Å². The zero-order chi connectivity index (χ0) is 17.1. The predicted molar refractivity (Wildman–Crippen MR) is 103 cm³/mol. The molecule has 0 atom stereocenters. The zero-order valence-corrected chi connectivity index (χ0v) is 16.8. The van der Waals surface area contributed by atoms with E-state index in [0.717, 1.165) is 6.42 Å². The third-order valence-corrected chi connectivity index (χ3v) is 7.30. The van der Waals surface area contributed by atoms with Gasteiger partial charge < -0.3 is 0 Å². The molecule has 0 fully saturated rings. The molecule has 0 aliphatic carbocycles. The third-order valence-electron chi connectivity index (χ3n) is 4.74. The summed E-state index contributed by atoms with van der Waals surface area (Å²) in [5.41, 5.74) is 6.11. The molecule has 2 heteroatoms. The van der Waals surface area contributed by atoms with Crippen LogP contribution in [0.2, 0.25) is 0 Å². The molecule has 3 aromatic rings. The monoisotopic (exact) mass is 382 g/mol. The fourth-order valence-electron chi connectivity index (χ4n) is 3.73. The van der Waals surface area contributed by atoms with E-state index in [4.69, 9.17) is 0 Å². The van der Waals surface area contributed by atoms with Crippen LogP contribution in [0.4, 0.5) is 0 Å². The Kier molecular flexibility index (Phi) is 3.60. The van der Waals surface area contributed by atoms with Gasteiger partial charge in [0.25, 0.3) is 0 Å². The summed E-state index contributed by atoms with van der Waals surface area (Å²) in [6.07, 6.45) is 3.39. The van der Waals surface area contributed by atoms with Gasteiger partial charge in [-0.2, -0.15) is 0 Å². The molecule has 0 saturated carbocycles. The van der Waals surface area contributed by atoms with Crippen molar-refractivity contribution in [2.75, 3.05) is 0 Å². The van der Waals surface area contributed by atoms with Crippen LogP contribution in [0.5, 0.6) is 0 Å². The first-order chi connectivity index (χ1) is 11.3. The summed E-state index contributed by atoms with van der Waals surface area (Å²) in [6.45, 7) is 9.26. The molecule has 0 spiro atoms. The van der Waals surface area contributed by atoms with Gasteiger partial charge in [0.1, 0.15) is 0 Å². The van der Waals surface area contributed by atoms with Crippen LogP contribution < -0.4 is 13.5 Å². The maximum absolute atomic E-state index is 2.34. The van der Waals surface area contributed by atoms with Crippen LogP contribution in [-0.4, -0.2) is 15.0 Å². The van der Waals surface area contributed by atoms with Crippen LogP contribution in [0, 0.1) is 12.3 Å². The number of hydrogen-bond donors (Lipinski definition) is 0. The first kappa shape index (κ1) is 15.9. The van der Waals surface area contributed by atoms with Crippen LogP contribution in [0.3, 0.4) is 0 Å². The predicted octanol–water partition coefficient (Wildman–Crippen LogP) is 3.20. The number of fused-ring (bicyclic) bond motifs is 2. The fraction of sp³-hybridized carbons (Fsp3) is 0.318. The van der Waals surface area contributed by atoms with Gasteiger partial charge in [0.2, 0.25) is 0 Å². The zero-order valence-electron chi connectivity index (χ0n) is 15.1. The molecule has 4 rings (SSSR count). The SMILES string of the molecule is Cc1ccc2cccc3c2c1-c1c(c(CC(C)(C)C)cc[n+]1C)[Se]3. The number of pyridine rings is 1. The maximum atomic E-state index is 2.34. The second-order valence-corrected chi connectivity index (χ2v) is 10.3. The second-order valence-electron chi connectivity index (χ2n) is 8.08. The summed E-state index contributed by atoms with van der Waals surface area (Å²) in [5, 5.41) is 2.86. The molecular formula is C22H24NSe+. The number of hydrogen-bond acceptors (Lipinski definition) is 0. The van der Waals surface area contributed by atoms with Crippen molar-refractivity contribution in [2.45, 2.75) is 34.1 Å². The normalized spacial score (nSPS) is 13.2. The average Bonchev–Trinajstić information content (AvgIpc) is 2.52. The van der Waals surface area contributed by atoms with Crippen molar-refractivity contribution in [1.82, 2.24) is 0 Å². The van der Waals surface area contributed by atoms with Crippen molar-refractivity contribution in [1.29, 1.82) is 0 Å². The Morgan fingerprint density at radius 1 is 1.04 bits per heavy atom. The number of nitrogens with zero attached hydrogens (tertiary/aromatic N) is 1. The van der Waals surface area contributed by atoms with E-state index in [1.807, 2.05) is 0 Å². The molecule has 122 valence electrons. The van der Waals surface area contributed by atoms with E-state index in [2.05, 4.69) is 81.9 Å². The quantitative estimate of drug-likeness (QED) is 0.352. The summed E-state index contributed by atoms with van der Waals surface area (Å²) in [4.78, 5) is 0. The van der Waals surface area contributed by atoms with Crippen LogP contribution in [0.1, 0.15) is 31.9 Å². The van der Waals surface area contributed by atoms with Crippen molar-refractivity contribution in [3.05, 3.63) is 53.7 Å². The Labute approximate surface area is 150 Å². The minimum atomic E-state index is 0.307. The Morgan fingerprint density at radius 3 is 2.58 bits per heavy atom. The number of benzene rings is 2. The van der Waals surface area contributed by atoms with Gasteiger partial charge in [-0.3, -0.25) is 0 Å². The van der Waals surface area contributed by atoms with E-state index >= 15 is 0 Å². The first-order valence-electron chi connectivity index (χ1n) is 8.57.